The molecule has 3 aliphatic rings. The molecule has 0 spiro atoms. The Labute approximate surface area is 156 Å². The van der Waals surface area contributed by atoms with Gasteiger partial charge >= 0.3 is 0 Å². The van der Waals surface area contributed by atoms with E-state index >= 15 is 0 Å². The Hall–Kier alpha value is -1.59. The van der Waals surface area contributed by atoms with E-state index in [1.165, 1.54) is 31.2 Å². The maximum atomic E-state index is 12.8. The number of methoxy groups -OCH3 is 1. The number of likely N-dealkylation sites (tertiary alicyclic amines) is 2. The van der Waals surface area contributed by atoms with Gasteiger partial charge in [-0.15, -0.1) is 0 Å². The van der Waals surface area contributed by atoms with Crippen molar-refractivity contribution in [2.45, 2.75) is 56.7 Å². The molecule has 1 amide bonds. The number of rotatable bonds is 7. The summed E-state index contributed by atoms with van der Waals surface area (Å²) in [5, 5.41) is 3.29. The molecule has 142 valence electrons. The fourth-order valence-electron chi connectivity index (χ4n) is 4.57. The molecule has 1 aromatic carbocycles. The number of nitrogens with zero attached hydrogens (tertiary/aromatic N) is 2. The number of ether oxygens (including phenoxy) is 1. The van der Waals surface area contributed by atoms with E-state index in [2.05, 4.69) is 27.2 Å². The second kappa shape index (κ2) is 7.97. The van der Waals surface area contributed by atoms with Crippen molar-refractivity contribution in [1.29, 1.82) is 0 Å². The Morgan fingerprint density at radius 1 is 1.12 bits per heavy atom. The second-order valence-electron chi connectivity index (χ2n) is 7.90. The lowest BCUT2D eigenvalue weighted by molar-refractivity contribution is -0.125. The highest BCUT2D eigenvalue weighted by atomic mass is 16.5. The van der Waals surface area contributed by atoms with Crippen LogP contribution in [0.3, 0.4) is 0 Å². The fourth-order valence-corrected chi connectivity index (χ4v) is 4.57. The van der Waals surface area contributed by atoms with Crippen LogP contribution in [0.2, 0.25) is 0 Å². The number of benzene rings is 1. The van der Waals surface area contributed by atoms with E-state index in [0.29, 0.717) is 12.6 Å². The van der Waals surface area contributed by atoms with Gasteiger partial charge in [-0.3, -0.25) is 14.6 Å². The minimum Gasteiger partial charge on any atom is -0.497 e. The molecular weight excluding hydrogens is 326 g/mol. The molecule has 2 aliphatic heterocycles. The number of amides is 1. The van der Waals surface area contributed by atoms with Crippen molar-refractivity contribution in [3.05, 3.63) is 29.8 Å². The maximum Gasteiger partial charge on any atom is 0.237 e. The minimum atomic E-state index is 0.0950. The monoisotopic (exact) mass is 357 g/mol. The van der Waals surface area contributed by atoms with Gasteiger partial charge in [-0.2, -0.15) is 0 Å². The molecule has 5 nitrogen and oxygen atoms in total. The van der Waals surface area contributed by atoms with Crippen LogP contribution in [-0.2, 0) is 4.79 Å². The third-order valence-electron chi connectivity index (χ3n) is 6.16. The zero-order chi connectivity index (χ0) is 17.9. The number of carbonyl (C=O) groups excluding carboxylic acids is 1. The summed E-state index contributed by atoms with van der Waals surface area (Å²) in [6, 6.07) is 9.34. The summed E-state index contributed by atoms with van der Waals surface area (Å²) in [6.07, 6.45) is 7.21. The topological polar surface area (TPSA) is 44.8 Å². The van der Waals surface area contributed by atoms with Crippen molar-refractivity contribution in [2.75, 3.05) is 33.3 Å². The molecular formula is C21H31N3O2. The molecule has 0 aromatic heterocycles. The van der Waals surface area contributed by atoms with Gasteiger partial charge in [0.15, 0.2) is 0 Å². The molecule has 2 saturated heterocycles. The van der Waals surface area contributed by atoms with Gasteiger partial charge in [-0.1, -0.05) is 12.1 Å². The lowest BCUT2D eigenvalue weighted by Crippen LogP contribution is -2.46. The van der Waals surface area contributed by atoms with Gasteiger partial charge in [0, 0.05) is 12.6 Å². The number of hydrogen-bond acceptors (Lipinski definition) is 4. The Balaban J connectivity index is 1.41. The molecule has 1 saturated carbocycles. The van der Waals surface area contributed by atoms with Crippen LogP contribution in [0.4, 0.5) is 0 Å². The zero-order valence-electron chi connectivity index (χ0n) is 15.8. The first-order valence-corrected chi connectivity index (χ1v) is 10.2. The Morgan fingerprint density at radius 3 is 2.50 bits per heavy atom. The molecule has 26 heavy (non-hydrogen) atoms. The average molecular weight is 357 g/mol. The summed E-state index contributed by atoms with van der Waals surface area (Å²) in [6.45, 7) is 4.02. The quantitative estimate of drug-likeness (QED) is 0.815. The first-order valence-electron chi connectivity index (χ1n) is 10.2. The number of hydrogen-bond donors (Lipinski definition) is 1. The first-order chi connectivity index (χ1) is 12.8. The molecule has 3 fully saturated rings. The highest BCUT2D eigenvalue weighted by Crippen LogP contribution is 2.33. The molecule has 0 unspecified atom stereocenters. The van der Waals surface area contributed by atoms with Crippen molar-refractivity contribution < 1.29 is 9.53 Å². The molecule has 0 bridgehead atoms. The smallest absolute Gasteiger partial charge is 0.237 e. The van der Waals surface area contributed by atoms with E-state index in [9.17, 15) is 4.79 Å². The van der Waals surface area contributed by atoms with Gasteiger partial charge in [0.25, 0.3) is 0 Å². The van der Waals surface area contributed by atoms with Crippen LogP contribution in [0, 0.1) is 0 Å². The van der Waals surface area contributed by atoms with Gasteiger partial charge in [-0.25, -0.2) is 0 Å². The van der Waals surface area contributed by atoms with E-state index in [1.54, 1.807) is 7.11 Å². The van der Waals surface area contributed by atoms with Gasteiger partial charge in [0.05, 0.1) is 19.2 Å². The van der Waals surface area contributed by atoms with Gasteiger partial charge < -0.3 is 10.1 Å². The summed E-state index contributed by atoms with van der Waals surface area (Å²) >= 11 is 0. The summed E-state index contributed by atoms with van der Waals surface area (Å²) in [7, 11) is 1.69. The predicted molar refractivity (Wildman–Crippen MR) is 102 cm³/mol. The van der Waals surface area contributed by atoms with Crippen LogP contribution in [0.15, 0.2) is 24.3 Å². The highest BCUT2D eigenvalue weighted by Gasteiger charge is 2.40. The number of nitrogens with one attached hydrogen (secondary N) is 1. The SMILES string of the molecule is COc1ccc([C@@H](CNC(=O)[C@@H]2CCCN2C2CC2)N2CCCC2)cc1. The zero-order valence-corrected chi connectivity index (χ0v) is 15.8. The van der Waals surface area contributed by atoms with E-state index in [4.69, 9.17) is 4.74 Å². The Morgan fingerprint density at radius 2 is 1.85 bits per heavy atom. The van der Waals surface area contributed by atoms with Crippen LogP contribution in [0.5, 0.6) is 5.75 Å². The van der Waals surface area contributed by atoms with Crippen molar-refractivity contribution in [2.24, 2.45) is 0 Å². The first kappa shape index (κ1) is 17.8. The van der Waals surface area contributed by atoms with Crippen LogP contribution < -0.4 is 10.1 Å². The third kappa shape index (κ3) is 3.89. The molecule has 0 radical (unpaired) electrons. The summed E-state index contributed by atoms with van der Waals surface area (Å²) in [4.78, 5) is 17.8. The van der Waals surface area contributed by atoms with Crippen molar-refractivity contribution in [1.82, 2.24) is 15.1 Å². The number of carbonyl (C=O) groups is 1. The van der Waals surface area contributed by atoms with Crippen LogP contribution in [-0.4, -0.2) is 61.1 Å². The van der Waals surface area contributed by atoms with E-state index in [1.807, 2.05) is 12.1 Å². The van der Waals surface area contributed by atoms with Crippen LogP contribution >= 0.6 is 0 Å². The van der Waals surface area contributed by atoms with Crippen LogP contribution in [0.25, 0.3) is 0 Å². The molecule has 1 aromatic rings. The van der Waals surface area contributed by atoms with E-state index < -0.39 is 0 Å². The minimum absolute atomic E-state index is 0.0950. The average Bonchev–Trinajstić information content (AvgIpc) is 3.17. The molecule has 2 atom stereocenters. The van der Waals surface area contributed by atoms with E-state index in [-0.39, 0.29) is 18.0 Å². The summed E-state index contributed by atoms with van der Waals surface area (Å²) < 4.78 is 5.29. The largest absolute Gasteiger partial charge is 0.497 e. The lowest BCUT2D eigenvalue weighted by atomic mass is 10.0. The summed E-state index contributed by atoms with van der Waals surface area (Å²) in [5.74, 6) is 1.11. The molecule has 1 N–H and O–H groups in total. The standard InChI is InChI=1S/C21H31N3O2/c1-26-18-10-6-16(7-11-18)20(23-12-2-3-13-23)15-22-21(25)19-5-4-14-24(19)17-8-9-17/h6-7,10-11,17,19-20H,2-5,8-9,12-15H2,1H3,(H,22,25)/t19-,20+/m0/s1. The van der Waals surface area contributed by atoms with Gasteiger partial charge in [0.2, 0.25) is 5.91 Å². The van der Waals surface area contributed by atoms with Crippen molar-refractivity contribution in [3.63, 3.8) is 0 Å². The molecule has 2 heterocycles. The van der Waals surface area contributed by atoms with Gasteiger partial charge in [-0.05, 0) is 75.9 Å². The molecule has 4 rings (SSSR count). The normalized spacial score (nSPS) is 25.3. The van der Waals surface area contributed by atoms with E-state index in [0.717, 1.165) is 38.2 Å². The second-order valence-corrected chi connectivity index (χ2v) is 7.90. The maximum absolute atomic E-state index is 12.8. The Bertz CT molecular complexity index is 608. The third-order valence-corrected chi connectivity index (χ3v) is 6.16. The lowest BCUT2D eigenvalue weighted by Gasteiger charge is -2.30. The molecule has 1 aliphatic carbocycles. The summed E-state index contributed by atoms with van der Waals surface area (Å²) in [5.41, 5.74) is 1.26. The molecule has 5 heteroatoms. The predicted octanol–water partition coefficient (Wildman–Crippen LogP) is 2.58. The van der Waals surface area contributed by atoms with Gasteiger partial charge in [0.1, 0.15) is 5.75 Å². The fraction of sp³-hybridized carbons (Fsp3) is 0.667. The Kier molecular flexibility index (Phi) is 5.46. The van der Waals surface area contributed by atoms with Crippen LogP contribution in [0.1, 0.15) is 50.1 Å². The van der Waals surface area contributed by atoms with Crippen molar-refractivity contribution >= 4 is 5.91 Å². The highest BCUT2D eigenvalue weighted by molar-refractivity contribution is 5.82. The van der Waals surface area contributed by atoms with Crippen molar-refractivity contribution in [3.8, 4) is 5.75 Å².